The molecule has 1 aliphatic rings. The van der Waals surface area contributed by atoms with Crippen molar-refractivity contribution in [3.05, 3.63) is 85.0 Å². The molecule has 3 heterocycles. The first-order valence-electron chi connectivity index (χ1n) is 12.2. The molecule has 37 heavy (non-hydrogen) atoms. The summed E-state index contributed by atoms with van der Waals surface area (Å²) in [7, 11) is 0. The van der Waals surface area contributed by atoms with Crippen molar-refractivity contribution in [3.8, 4) is 27.9 Å². The molecule has 5 aromatic rings. The standard InChI is InChI=1S/C28H26F2N6O/c29-22-2-3-26(30)25(14-22)20-11-23(31)15-24(12-20)36-18-32-27-13-19(1-4-28(27)36)21-16-33-35(17-21)6-5-34-7-9-37-10-8-34/h1-4,11-18H,5-10,31H2. The van der Waals surface area contributed by atoms with Crippen LogP contribution in [0.3, 0.4) is 0 Å². The highest BCUT2D eigenvalue weighted by Crippen LogP contribution is 2.31. The second-order valence-electron chi connectivity index (χ2n) is 9.20. The number of fused-ring (bicyclic) bond motifs is 1. The Kier molecular flexibility index (Phi) is 6.15. The molecule has 0 radical (unpaired) electrons. The summed E-state index contributed by atoms with van der Waals surface area (Å²) in [5, 5.41) is 4.53. The Hall–Kier alpha value is -4.08. The average molecular weight is 501 g/mol. The highest BCUT2D eigenvalue weighted by molar-refractivity contribution is 5.84. The summed E-state index contributed by atoms with van der Waals surface area (Å²) in [6, 6.07) is 14.6. The number of aromatic nitrogens is 4. The summed E-state index contributed by atoms with van der Waals surface area (Å²) in [5.41, 5.74) is 11.7. The van der Waals surface area contributed by atoms with Crippen molar-refractivity contribution in [2.45, 2.75) is 6.54 Å². The number of ether oxygens (including phenoxy) is 1. The summed E-state index contributed by atoms with van der Waals surface area (Å²) >= 11 is 0. The number of rotatable bonds is 6. The molecule has 9 heteroatoms. The quantitative estimate of drug-likeness (QED) is 0.341. The molecule has 6 rings (SSSR count). The highest BCUT2D eigenvalue weighted by atomic mass is 19.1. The fraction of sp³-hybridized carbons (Fsp3) is 0.214. The number of hydrogen-bond donors (Lipinski definition) is 1. The summed E-state index contributed by atoms with van der Waals surface area (Å²) in [6.45, 7) is 5.25. The Morgan fingerprint density at radius 3 is 2.62 bits per heavy atom. The van der Waals surface area contributed by atoms with Gasteiger partial charge in [-0.3, -0.25) is 14.1 Å². The molecule has 0 amide bonds. The van der Waals surface area contributed by atoms with Gasteiger partial charge in [0.1, 0.15) is 18.0 Å². The third-order valence-corrected chi connectivity index (χ3v) is 6.72. The number of anilines is 1. The van der Waals surface area contributed by atoms with Gasteiger partial charge >= 0.3 is 0 Å². The fourth-order valence-electron chi connectivity index (χ4n) is 4.75. The Labute approximate surface area is 212 Å². The second-order valence-corrected chi connectivity index (χ2v) is 9.20. The zero-order chi connectivity index (χ0) is 25.4. The van der Waals surface area contributed by atoms with Crippen LogP contribution in [0.2, 0.25) is 0 Å². The Bertz CT molecular complexity index is 1570. The van der Waals surface area contributed by atoms with Crippen LogP contribution in [0.25, 0.3) is 39.0 Å². The van der Waals surface area contributed by atoms with Crippen LogP contribution in [-0.2, 0) is 11.3 Å². The summed E-state index contributed by atoms with van der Waals surface area (Å²) in [4.78, 5) is 6.97. The Balaban J connectivity index is 1.27. The topological polar surface area (TPSA) is 74.1 Å². The zero-order valence-electron chi connectivity index (χ0n) is 20.1. The summed E-state index contributed by atoms with van der Waals surface area (Å²) in [6.07, 6.45) is 5.63. The summed E-state index contributed by atoms with van der Waals surface area (Å²) < 4.78 is 37.5. The van der Waals surface area contributed by atoms with Gasteiger partial charge in [-0.25, -0.2) is 13.8 Å². The van der Waals surface area contributed by atoms with E-state index in [2.05, 4.69) is 21.2 Å². The zero-order valence-corrected chi connectivity index (χ0v) is 20.1. The van der Waals surface area contributed by atoms with Crippen molar-refractivity contribution in [1.29, 1.82) is 0 Å². The minimum absolute atomic E-state index is 0.158. The van der Waals surface area contributed by atoms with E-state index in [1.165, 1.54) is 6.07 Å². The van der Waals surface area contributed by atoms with Crippen molar-refractivity contribution < 1.29 is 13.5 Å². The van der Waals surface area contributed by atoms with Crippen molar-refractivity contribution in [2.24, 2.45) is 0 Å². The van der Waals surface area contributed by atoms with E-state index in [0.717, 1.165) is 73.7 Å². The van der Waals surface area contributed by atoms with Crippen molar-refractivity contribution in [1.82, 2.24) is 24.2 Å². The van der Waals surface area contributed by atoms with Crippen LogP contribution in [-0.4, -0.2) is 57.1 Å². The molecule has 1 saturated heterocycles. The SMILES string of the molecule is Nc1cc(-c2cc(F)ccc2F)cc(-n2cnc3cc(-c4cnn(CCN5CCOCC5)c4)ccc32)c1. The minimum Gasteiger partial charge on any atom is -0.399 e. The number of morpholine rings is 1. The molecule has 0 aliphatic carbocycles. The molecule has 0 unspecified atom stereocenters. The predicted molar refractivity (Wildman–Crippen MR) is 139 cm³/mol. The molecule has 0 atom stereocenters. The molecule has 0 spiro atoms. The lowest BCUT2D eigenvalue weighted by Gasteiger charge is -2.26. The van der Waals surface area contributed by atoms with E-state index in [0.29, 0.717) is 16.9 Å². The first-order valence-corrected chi connectivity index (χ1v) is 12.2. The maximum Gasteiger partial charge on any atom is 0.131 e. The number of nitrogens with two attached hydrogens (primary N) is 1. The predicted octanol–water partition coefficient (Wildman–Crippen LogP) is 4.75. The van der Waals surface area contributed by atoms with E-state index in [-0.39, 0.29) is 5.56 Å². The number of halogens is 2. The van der Waals surface area contributed by atoms with Crippen LogP contribution in [0.15, 0.2) is 73.3 Å². The van der Waals surface area contributed by atoms with E-state index in [9.17, 15) is 8.78 Å². The van der Waals surface area contributed by atoms with Gasteiger partial charge in [-0.05, 0) is 59.7 Å². The second kappa shape index (κ2) is 9.76. The van der Waals surface area contributed by atoms with Crippen LogP contribution < -0.4 is 5.73 Å². The van der Waals surface area contributed by atoms with Crippen LogP contribution in [0, 0.1) is 11.6 Å². The number of nitrogen functional groups attached to an aromatic ring is 1. The molecule has 0 saturated carbocycles. The van der Waals surface area contributed by atoms with Gasteiger partial charge in [-0.2, -0.15) is 5.10 Å². The monoisotopic (exact) mass is 500 g/mol. The van der Waals surface area contributed by atoms with Gasteiger partial charge in [0.25, 0.3) is 0 Å². The lowest BCUT2D eigenvalue weighted by atomic mass is 10.0. The van der Waals surface area contributed by atoms with Crippen molar-refractivity contribution in [2.75, 3.05) is 38.6 Å². The van der Waals surface area contributed by atoms with Crippen LogP contribution in [0.4, 0.5) is 14.5 Å². The van der Waals surface area contributed by atoms with Gasteiger partial charge in [-0.15, -0.1) is 0 Å². The Morgan fingerprint density at radius 2 is 1.76 bits per heavy atom. The molecular formula is C28H26F2N6O. The minimum atomic E-state index is -0.511. The molecule has 0 bridgehead atoms. The third kappa shape index (κ3) is 4.83. The number of hydrogen-bond acceptors (Lipinski definition) is 5. The van der Waals surface area contributed by atoms with E-state index in [1.54, 1.807) is 24.5 Å². The van der Waals surface area contributed by atoms with Crippen molar-refractivity contribution >= 4 is 16.7 Å². The van der Waals surface area contributed by atoms with Crippen LogP contribution in [0.1, 0.15) is 0 Å². The van der Waals surface area contributed by atoms with E-state index in [1.807, 2.05) is 33.6 Å². The molecule has 1 fully saturated rings. The smallest absolute Gasteiger partial charge is 0.131 e. The number of imidazole rings is 1. The molecule has 2 N–H and O–H groups in total. The van der Waals surface area contributed by atoms with Gasteiger partial charge < -0.3 is 10.5 Å². The van der Waals surface area contributed by atoms with Gasteiger partial charge in [-0.1, -0.05) is 6.07 Å². The van der Waals surface area contributed by atoms with Gasteiger partial charge in [0, 0.05) is 48.3 Å². The lowest BCUT2D eigenvalue weighted by molar-refractivity contribution is 0.0360. The molecular weight excluding hydrogens is 474 g/mol. The maximum atomic E-state index is 14.4. The first kappa shape index (κ1) is 23.3. The fourth-order valence-corrected chi connectivity index (χ4v) is 4.75. The van der Waals surface area contributed by atoms with Gasteiger partial charge in [0.15, 0.2) is 0 Å². The number of benzene rings is 3. The molecule has 1 aliphatic heterocycles. The van der Waals surface area contributed by atoms with E-state index >= 15 is 0 Å². The number of nitrogens with zero attached hydrogens (tertiary/aromatic N) is 5. The lowest BCUT2D eigenvalue weighted by Crippen LogP contribution is -2.38. The Morgan fingerprint density at radius 1 is 0.892 bits per heavy atom. The normalized spacial score (nSPS) is 14.4. The molecule has 3 aromatic carbocycles. The molecule has 188 valence electrons. The molecule has 7 nitrogen and oxygen atoms in total. The first-order chi connectivity index (χ1) is 18.0. The third-order valence-electron chi connectivity index (χ3n) is 6.72. The van der Waals surface area contributed by atoms with Crippen LogP contribution >= 0.6 is 0 Å². The van der Waals surface area contributed by atoms with Crippen molar-refractivity contribution in [3.63, 3.8) is 0 Å². The largest absolute Gasteiger partial charge is 0.399 e. The highest BCUT2D eigenvalue weighted by Gasteiger charge is 2.13. The maximum absolute atomic E-state index is 14.4. The van der Waals surface area contributed by atoms with Gasteiger partial charge in [0.2, 0.25) is 0 Å². The summed E-state index contributed by atoms with van der Waals surface area (Å²) in [5.74, 6) is -1.02. The van der Waals surface area contributed by atoms with E-state index in [4.69, 9.17) is 10.5 Å². The molecule has 2 aromatic heterocycles. The van der Waals surface area contributed by atoms with Gasteiger partial charge in [0.05, 0.1) is 37.0 Å². The van der Waals surface area contributed by atoms with E-state index < -0.39 is 11.6 Å². The average Bonchev–Trinajstić information content (AvgIpc) is 3.56. The van der Waals surface area contributed by atoms with Crippen LogP contribution in [0.5, 0.6) is 0 Å².